The highest BCUT2D eigenvalue weighted by atomic mass is 16.4. The standard InChI is InChI=1S/C11H16N2O4/c1-7(2)13-5-3-4-8(13)10(15)12-6-9(14)11(16)17/h3-5,7,9,14H,6H2,1-2H3,(H,12,15)(H,16,17)/t9-/m0/s1. The van der Waals surface area contributed by atoms with Crippen LogP contribution < -0.4 is 5.32 Å². The summed E-state index contributed by atoms with van der Waals surface area (Å²) in [5.41, 5.74) is 0.442. The van der Waals surface area contributed by atoms with Gasteiger partial charge in [-0.05, 0) is 26.0 Å². The first-order chi connectivity index (χ1) is 7.93. The van der Waals surface area contributed by atoms with Crippen LogP contribution in [0.1, 0.15) is 30.4 Å². The highest BCUT2D eigenvalue weighted by Crippen LogP contribution is 2.10. The Kier molecular flexibility index (Phi) is 4.28. The van der Waals surface area contributed by atoms with Gasteiger partial charge in [-0.2, -0.15) is 0 Å². The fourth-order valence-electron chi connectivity index (χ4n) is 1.40. The molecule has 6 nitrogen and oxygen atoms in total. The normalized spacial score (nSPS) is 12.5. The Hall–Kier alpha value is -1.82. The van der Waals surface area contributed by atoms with Crippen molar-refractivity contribution in [2.24, 2.45) is 0 Å². The molecule has 0 aromatic carbocycles. The molecule has 1 heterocycles. The van der Waals surface area contributed by atoms with Crippen LogP contribution in [0.5, 0.6) is 0 Å². The second-order valence-corrected chi connectivity index (χ2v) is 3.96. The summed E-state index contributed by atoms with van der Waals surface area (Å²) < 4.78 is 1.77. The average molecular weight is 240 g/mol. The SMILES string of the molecule is CC(C)n1cccc1C(=O)NC[C@H](O)C(=O)O. The molecule has 0 bridgehead atoms. The maximum atomic E-state index is 11.7. The molecule has 0 aliphatic rings. The van der Waals surface area contributed by atoms with Gasteiger partial charge in [0.1, 0.15) is 5.69 Å². The highest BCUT2D eigenvalue weighted by Gasteiger charge is 2.17. The van der Waals surface area contributed by atoms with E-state index in [1.807, 2.05) is 13.8 Å². The second kappa shape index (κ2) is 5.49. The van der Waals surface area contributed by atoms with E-state index in [9.17, 15) is 9.59 Å². The summed E-state index contributed by atoms with van der Waals surface area (Å²) >= 11 is 0. The van der Waals surface area contributed by atoms with Crippen LogP contribution in [-0.2, 0) is 4.79 Å². The van der Waals surface area contributed by atoms with Crippen LogP contribution in [0.25, 0.3) is 0 Å². The molecule has 0 aliphatic carbocycles. The number of carboxylic acid groups (broad SMARTS) is 1. The van der Waals surface area contributed by atoms with E-state index in [0.717, 1.165) is 0 Å². The summed E-state index contributed by atoms with van der Waals surface area (Å²) in [6, 6.07) is 3.51. The number of aliphatic carboxylic acids is 1. The Balaban J connectivity index is 2.64. The largest absolute Gasteiger partial charge is 0.479 e. The Labute approximate surface area is 98.9 Å². The van der Waals surface area contributed by atoms with Gasteiger partial charge < -0.3 is 20.1 Å². The molecule has 0 aliphatic heterocycles. The molecule has 1 rings (SSSR count). The van der Waals surface area contributed by atoms with Crippen LogP contribution in [0.4, 0.5) is 0 Å². The number of carbonyl (C=O) groups is 2. The highest BCUT2D eigenvalue weighted by molar-refractivity contribution is 5.93. The smallest absolute Gasteiger partial charge is 0.334 e. The molecule has 6 heteroatoms. The first kappa shape index (κ1) is 13.2. The van der Waals surface area contributed by atoms with Crippen molar-refractivity contribution in [3.05, 3.63) is 24.0 Å². The zero-order valence-electron chi connectivity index (χ0n) is 9.75. The number of aliphatic hydroxyl groups is 1. The number of nitrogens with one attached hydrogen (secondary N) is 1. The second-order valence-electron chi connectivity index (χ2n) is 3.96. The van der Waals surface area contributed by atoms with E-state index >= 15 is 0 Å². The summed E-state index contributed by atoms with van der Waals surface area (Å²) in [6.07, 6.45) is 0.189. The molecule has 1 amide bonds. The third-order valence-corrected chi connectivity index (χ3v) is 2.31. The molecular weight excluding hydrogens is 224 g/mol. The van der Waals surface area contributed by atoms with E-state index in [1.165, 1.54) is 0 Å². The van der Waals surface area contributed by atoms with Crippen molar-refractivity contribution in [1.82, 2.24) is 9.88 Å². The van der Waals surface area contributed by atoms with E-state index in [2.05, 4.69) is 5.32 Å². The fraction of sp³-hybridized carbons (Fsp3) is 0.455. The van der Waals surface area contributed by atoms with Gasteiger partial charge in [-0.1, -0.05) is 0 Å². The van der Waals surface area contributed by atoms with Gasteiger partial charge >= 0.3 is 5.97 Å². The zero-order chi connectivity index (χ0) is 13.0. The Morgan fingerprint density at radius 1 is 1.47 bits per heavy atom. The molecule has 3 N–H and O–H groups in total. The topological polar surface area (TPSA) is 91.6 Å². The lowest BCUT2D eigenvalue weighted by Crippen LogP contribution is -2.37. The molecule has 0 saturated carbocycles. The van der Waals surface area contributed by atoms with Crippen molar-refractivity contribution < 1.29 is 19.8 Å². The van der Waals surface area contributed by atoms with E-state index in [0.29, 0.717) is 5.69 Å². The van der Waals surface area contributed by atoms with E-state index in [-0.39, 0.29) is 12.6 Å². The fourth-order valence-corrected chi connectivity index (χ4v) is 1.40. The Morgan fingerprint density at radius 3 is 2.65 bits per heavy atom. The Bertz CT molecular complexity index is 411. The minimum absolute atomic E-state index is 0.134. The summed E-state index contributed by atoms with van der Waals surface area (Å²) in [6.45, 7) is 3.56. The van der Waals surface area contributed by atoms with Crippen molar-refractivity contribution in [2.45, 2.75) is 26.0 Å². The van der Waals surface area contributed by atoms with Crippen LogP contribution in [0.15, 0.2) is 18.3 Å². The number of carbonyl (C=O) groups excluding carboxylic acids is 1. The third-order valence-electron chi connectivity index (χ3n) is 2.31. The molecule has 1 aromatic rings. The number of aromatic nitrogens is 1. The number of aliphatic hydroxyl groups excluding tert-OH is 1. The van der Waals surface area contributed by atoms with Crippen LogP contribution in [-0.4, -0.2) is 39.3 Å². The molecule has 94 valence electrons. The number of hydrogen-bond donors (Lipinski definition) is 3. The third kappa shape index (κ3) is 3.32. The molecule has 0 unspecified atom stereocenters. The van der Waals surface area contributed by atoms with Crippen LogP contribution in [0.2, 0.25) is 0 Å². The van der Waals surface area contributed by atoms with Crippen LogP contribution >= 0.6 is 0 Å². The van der Waals surface area contributed by atoms with Crippen molar-refractivity contribution >= 4 is 11.9 Å². The molecule has 17 heavy (non-hydrogen) atoms. The van der Waals surface area contributed by atoms with Gasteiger partial charge in [-0.15, -0.1) is 0 Å². The number of amides is 1. The maximum absolute atomic E-state index is 11.7. The molecule has 0 fully saturated rings. The molecule has 0 saturated heterocycles. The van der Waals surface area contributed by atoms with Crippen molar-refractivity contribution in [2.75, 3.05) is 6.54 Å². The number of nitrogens with zero attached hydrogens (tertiary/aromatic N) is 1. The van der Waals surface area contributed by atoms with Gasteiger partial charge in [0.05, 0.1) is 6.54 Å². The van der Waals surface area contributed by atoms with Gasteiger partial charge in [-0.25, -0.2) is 4.79 Å². The molecular formula is C11H16N2O4. The summed E-state index contributed by atoms with van der Waals surface area (Å²) in [7, 11) is 0. The predicted molar refractivity (Wildman–Crippen MR) is 60.8 cm³/mol. The molecule has 1 atom stereocenters. The van der Waals surface area contributed by atoms with Crippen molar-refractivity contribution in [1.29, 1.82) is 0 Å². The van der Waals surface area contributed by atoms with Gasteiger partial charge in [0, 0.05) is 12.2 Å². The van der Waals surface area contributed by atoms with Crippen molar-refractivity contribution in [3.8, 4) is 0 Å². The summed E-state index contributed by atoms with van der Waals surface area (Å²) in [4.78, 5) is 22.1. The number of hydrogen-bond acceptors (Lipinski definition) is 3. The molecule has 0 radical (unpaired) electrons. The first-order valence-corrected chi connectivity index (χ1v) is 5.29. The van der Waals surface area contributed by atoms with Crippen LogP contribution in [0, 0.1) is 0 Å². The Morgan fingerprint density at radius 2 is 2.12 bits per heavy atom. The summed E-state index contributed by atoms with van der Waals surface area (Å²) in [5.74, 6) is -1.76. The van der Waals surface area contributed by atoms with E-state index in [4.69, 9.17) is 10.2 Å². The minimum atomic E-state index is -1.58. The van der Waals surface area contributed by atoms with Gasteiger partial charge in [0.2, 0.25) is 0 Å². The van der Waals surface area contributed by atoms with Crippen molar-refractivity contribution in [3.63, 3.8) is 0 Å². The van der Waals surface area contributed by atoms with Gasteiger partial charge in [-0.3, -0.25) is 4.79 Å². The lowest BCUT2D eigenvalue weighted by molar-refractivity contribution is -0.146. The lowest BCUT2D eigenvalue weighted by Gasteiger charge is -2.13. The summed E-state index contributed by atoms with van der Waals surface area (Å²) in [5, 5.41) is 19.9. The minimum Gasteiger partial charge on any atom is -0.479 e. The number of rotatable bonds is 5. The maximum Gasteiger partial charge on any atom is 0.334 e. The predicted octanol–water partition coefficient (Wildman–Crippen LogP) is 0.244. The van der Waals surface area contributed by atoms with E-state index < -0.39 is 18.0 Å². The van der Waals surface area contributed by atoms with E-state index in [1.54, 1.807) is 22.9 Å². The van der Waals surface area contributed by atoms with Gasteiger partial charge in [0.15, 0.2) is 6.10 Å². The van der Waals surface area contributed by atoms with Gasteiger partial charge in [0.25, 0.3) is 5.91 Å². The number of carboxylic acids is 1. The zero-order valence-corrected chi connectivity index (χ0v) is 9.75. The van der Waals surface area contributed by atoms with Crippen LogP contribution in [0.3, 0.4) is 0 Å². The first-order valence-electron chi connectivity index (χ1n) is 5.29. The molecule has 1 aromatic heterocycles. The molecule has 0 spiro atoms. The monoisotopic (exact) mass is 240 g/mol. The lowest BCUT2D eigenvalue weighted by atomic mass is 10.3. The average Bonchev–Trinajstić information content (AvgIpc) is 2.73. The quantitative estimate of drug-likeness (QED) is 0.687.